The van der Waals surface area contributed by atoms with Crippen molar-refractivity contribution in [2.24, 2.45) is 0 Å². The molecule has 1 aromatic rings. The van der Waals surface area contributed by atoms with Crippen LogP contribution < -0.4 is 0 Å². The molecule has 152 valence electrons. The van der Waals surface area contributed by atoms with Gasteiger partial charge in [-0.15, -0.1) is 6.58 Å². The van der Waals surface area contributed by atoms with Crippen LogP contribution in [0.4, 0.5) is 4.79 Å². The van der Waals surface area contributed by atoms with Gasteiger partial charge in [0.2, 0.25) is 0 Å². The molecule has 1 fully saturated rings. The van der Waals surface area contributed by atoms with Crippen LogP contribution in [0.2, 0.25) is 0 Å². The number of ether oxygens (including phenoxy) is 2. The first kappa shape index (κ1) is 26.6. The summed E-state index contributed by atoms with van der Waals surface area (Å²) in [5, 5.41) is 0. The fourth-order valence-corrected chi connectivity index (χ4v) is 1.90. The van der Waals surface area contributed by atoms with E-state index < -0.39 is 6.09 Å². The van der Waals surface area contributed by atoms with Crippen molar-refractivity contribution in [2.45, 2.75) is 53.7 Å². The topological polar surface area (TPSA) is 72.9 Å². The number of amides is 1. The molecule has 1 amide bonds. The molecule has 1 saturated heterocycles. The van der Waals surface area contributed by atoms with Gasteiger partial charge in [0, 0.05) is 12.5 Å². The lowest BCUT2D eigenvalue weighted by Crippen LogP contribution is -2.34. The maximum Gasteiger partial charge on any atom is 0.410 e. The van der Waals surface area contributed by atoms with Crippen molar-refractivity contribution in [3.8, 4) is 0 Å². The van der Waals surface area contributed by atoms with Crippen molar-refractivity contribution in [1.82, 2.24) is 4.90 Å². The number of hydrogen-bond acceptors (Lipinski definition) is 5. The molecule has 0 N–H and O–H groups in total. The number of nitrogens with zero attached hydrogens (tertiary/aromatic N) is 1. The standard InChI is InChI=1S/C13H15NO3.C4H8.C2H4O2.C2H6/c1-10-7-12(15)8-14(10)13(16)17-9-11-5-3-2-4-6-11;1-4(2)3;1-4-2-3;1-2/h2-6,10H,7-9H2,1H3;1H2,2-3H3;2H,1H3;1-2H3. The molecule has 0 aliphatic carbocycles. The number of benzene rings is 1. The van der Waals surface area contributed by atoms with Gasteiger partial charge in [0.05, 0.1) is 13.7 Å². The third-order valence-corrected chi connectivity index (χ3v) is 2.94. The van der Waals surface area contributed by atoms with Gasteiger partial charge in [-0.3, -0.25) is 14.5 Å². The maximum atomic E-state index is 11.7. The molecular weight excluding hydrogens is 346 g/mol. The zero-order valence-electron chi connectivity index (χ0n) is 17.4. The molecule has 0 spiro atoms. The van der Waals surface area contributed by atoms with Crippen LogP contribution in [-0.2, 0) is 25.7 Å². The van der Waals surface area contributed by atoms with Gasteiger partial charge in [-0.1, -0.05) is 49.8 Å². The predicted molar refractivity (Wildman–Crippen MR) is 107 cm³/mol. The highest BCUT2D eigenvalue weighted by molar-refractivity contribution is 5.88. The second-order valence-electron chi connectivity index (χ2n) is 5.80. The number of likely N-dealkylation sites (tertiary alicyclic amines) is 1. The van der Waals surface area contributed by atoms with E-state index in [0.29, 0.717) is 12.9 Å². The summed E-state index contributed by atoms with van der Waals surface area (Å²) in [6, 6.07) is 9.44. The minimum absolute atomic E-state index is 0.0502. The van der Waals surface area contributed by atoms with Crippen LogP contribution in [0.3, 0.4) is 0 Å². The molecule has 1 aliphatic heterocycles. The third-order valence-electron chi connectivity index (χ3n) is 2.94. The number of carbonyl (C=O) groups excluding carboxylic acids is 3. The van der Waals surface area contributed by atoms with E-state index in [2.05, 4.69) is 11.3 Å². The molecule has 0 saturated carbocycles. The molecule has 1 aromatic carbocycles. The molecule has 6 nitrogen and oxygen atoms in total. The molecule has 2 rings (SSSR count). The summed E-state index contributed by atoms with van der Waals surface area (Å²) in [6.07, 6.45) is 0.0210. The Hall–Kier alpha value is -2.63. The molecule has 0 radical (unpaired) electrons. The van der Waals surface area contributed by atoms with E-state index in [1.807, 2.05) is 65.0 Å². The lowest BCUT2D eigenvalue weighted by molar-refractivity contribution is -0.126. The first-order valence-corrected chi connectivity index (χ1v) is 8.89. The minimum Gasteiger partial charge on any atom is -0.471 e. The molecule has 0 aromatic heterocycles. The summed E-state index contributed by atoms with van der Waals surface area (Å²) in [5.74, 6) is 0.0918. The molecule has 0 bridgehead atoms. The van der Waals surface area contributed by atoms with Crippen molar-refractivity contribution >= 4 is 18.3 Å². The van der Waals surface area contributed by atoms with Crippen LogP contribution in [0.1, 0.15) is 46.6 Å². The summed E-state index contributed by atoms with van der Waals surface area (Å²) in [5.41, 5.74) is 2.11. The first-order chi connectivity index (χ1) is 12.8. The lowest BCUT2D eigenvalue weighted by atomic mass is 10.2. The Bertz CT molecular complexity index is 553. The molecule has 1 unspecified atom stereocenters. The van der Waals surface area contributed by atoms with E-state index in [1.54, 1.807) is 0 Å². The largest absolute Gasteiger partial charge is 0.471 e. The average molecular weight is 379 g/mol. The number of Topliss-reactive ketones (excluding diaryl/α,β-unsaturated/α-hetero) is 1. The quantitative estimate of drug-likeness (QED) is 0.575. The molecule has 6 heteroatoms. The zero-order chi connectivity index (χ0) is 21.2. The number of carbonyl (C=O) groups is 3. The highest BCUT2D eigenvalue weighted by atomic mass is 16.6. The summed E-state index contributed by atoms with van der Waals surface area (Å²) in [7, 11) is 1.31. The summed E-state index contributed by atoms with van der Waals surface area (Å²) in [4.78, 5) is 33.3. The first-order valence-electron chi connectivity index (χ1n) is 8.89. The van der Waals surface area contributed by atoms with E-state index in [-0.39, 0.29) is 25.0 Å². The Balaban J connectivity index is 0. The number of hydrogen-bond donors (Lipinski definition) is 0. The van der Waals surface area contributed by atoms with Crippen LogP contribution in [0.25, 0.3) is 0 Å². The third kappa shape index (κ3) is 14.2. The van der Waals surface area contributed by atoms with Crippen molar-refractivity contribution in [1.29, 1.82) is 0 Å². The summed E-state index contributed by atoms with van der Waals surface area (Å²) < 4.78 is 9.03. The Labute approximate surface area is 163 Å². The van der Waals surface area contributed by atoms with E-state index in [1.165, 1.54) is 17.6 Å². The Morgan fingerprint density at radius 2 is 1.74 bits per heavy atom. The number of ketones is 1. The van der Waals surface area contributed by atoms with Gasteiger partial charge in [-0.25, -0.2) is 4.79 Å². The highest BCUT2D eigenvalue weighted by Crippen LogP contribution is 2.15. The van der Waals surface area contributed by atoms with Crippen LogP contribution in [0.15, 0.2) is 42.5 Å². The SMILES string of the molecule is C=C(C)C.CC.CC1CC(=O)CN1C(=O)OCc1ccccc1.COC=O. The maximum absolute atomic E-state index is 11.7. The van der Waals surface area contributed by atoms with Crippen molar-refractivity contribution < 1.29 is 23.9 Å². The molecular formula is C21H33NO5. The van der Waals surface area contributed by atoms with E-state index >= 15 is 0 Å². The van der Waals surface area contributed by atoms with Gasteiger partial charge in [0.25, 0.3) is 6.47 Å². The van der Waals surface area contributed by atoms with Crippen LogP contribution >= 0.6 is 0 Å². The van der Waals surface area contributed by atoms with E-state index in [0.717, 1.165) is 5.56 Å². The minimum atomic E-state index is -0.410. The van der Waals surface area contributed by atoms with Gasteiger partial charge in [-0.05, 0) is 26.3 Å². The predicted octanol–water partition coefficient (Wildman–Crippen LogP) is 4.38. The van der Waals surface area contributed by atoms with E-state index in [4.69, 9.17) is 9.53 Å². The fourth-order valence-electron chi connectivity index (χ4n) is 1.90. The molecule has 27 heavy (non-hydrogen) atoms. The normalized spacial score (nSPS) is 14.2. The fraction of sp³-hybridized carbons (Fsp3) is 0.476. The lowest BCUT2D eigenvalue weighted by Gasteiger charge is -2.19. The van der Waals surface area contributed by atoms with Crippen LogP contribution in [0, 0.1) is 0 Å². The monoisotopic (exact) mass is 379 g/mol. The highest BCUT2D eigenvalue weighted by Gasteiger charge is 2.31. The van der Waals surface area contributed by atoms with Gasteiger partial charge < -0.3 is 9.47 Å². The van der Waals surface area contributed by atoms with Crippen LogP contribution in [-0.4, -0.2) is 42.9 Å². The van der Waals surface area contributed by atoms with Crippen molar-refractivity contribution in [3.63, 3.8) is 0 Å². The Morgan fingerprint density at radius 1 is 1.26 bits per heavy atom. The summed E-state index contributed by atoms with van der Waals surface area (Å²) >= 11 is 0. The Kier molecular flexibility index (Phi) is 16.6. The molecule has 1 atom stereocenters. The number of methoxy groups -OCH3 is 1. The second-order valence-corrected chi connectivity index (χ2v) is 5.80. The Morgan fingerprint density at radius 3 is 2.11 bits per heavy atom. The summed E-state index contributed by atoms with van der Waals surface area (Å²) in [6.45, 7) is 14.2. The average Bonchev–Trinajstić information content (AvgIpc) is 3.00. The van der Waals surface area contributed by atoms with Gasteiger partial charge in [0.1, 0.15) is 6.61 Å². The number of allylic oxidation sites excluding steroid dienone is 1. The zero-order valence-corrected chi connectivity index (χ0v) is 17.4. The van der Waals surface area contributed by atoms with Crippen molar-refractivity contribution in [2.75, 3.05) is 13.7 Å². The van der Waals surface area contributed by atoms with Crippen molar-refractivity contribution in [3.05, 3.63) is 48.0 Å². The van der Waals surface area contributed by atoms with Crippen LogP contribution in [0.5, 0.6) is 0 Å². The van der Waals surface area contributed by atoms with Gasteiger partial charge >= 0.3 is 6.09 Å². The molecule has 1 aliphatic rings. The van der Waals surface area contributed by atoms with Gasteiger partial charge in [0.15, 0.2) is 5.78 Å². The number of rotatable bonds is 3. The smallest absolute Gasteiger partial charge is 0.410 e. The van der Waals surface area contributed by atoms with Gasteiger partial charge in [-0.2, -0.15) is 0 Å². The second kappa shape index (κ2) is 16.8. The van der Waals surface area contributed by atoms with E-state index in [9.17, 15) is 9.59 Å². The molecule has 1 heterocycles.